The van der Waals surface area contributed by atoms with Crippen molar-refractivity contribution >= 4 is 11.8 Å². The lowest BCUT2D eigenvalue weighted by Gasteiger charge is -2.16. The summed E-state index contributed by atoms with van der Waals surface area (Å²) in [7, 11) is 0. The summed E-state index contributed by atoms with van der Waals surface area (Å²) in [5.41, 5.74) is 4.66. The molecular weight excluding hydrogens is 420 g/mol. The second-order valence-corrected chi connectivity index (χ2v) is 8.61. The van der Waals surface area contributed by atoms with E-state index in [0.717, 1.165) is 46.4 Å². The Morgan fingerprint density at radius 1 is 0.970 bits per heavy atom. The number of rotatable bonds is 8. The minimum atomic E-state index is -1.01. The number of fused-ring (bicyclic) bond motifs is 1. The molecule has 3 aromatic carbocycles. The quantitative estimate of drug-likeness (QED) is 0.543. The molecule has 0 spiro atoms. The lowest BCUT2D eigenvalue weighted by atomic mass is 9.87. The lowest BCUT2D eigenvalue weighted by molar-refractivity contribution is -0.139. The van der Waals surface area contributed by atoms with Crippen molar-refractivity contribution in [3.63, 3.8) is 0 Å². The number of ether oxygens (including phenoxy) is 3. The fourth-order valence-electron chi connectivity index (χ4n) is 4.37. The SMILES string of the molecule is Cc1ccc(CC(=O)C2(c3ccc4c(c3)OCO4)CC2)cc1-c1ccc(OCC(=O)O)cc1. The van der Waals surface area contributed by atoms with Gasteiger partial charge in [0.05, 0.1) is 5.41 Å². The second-order valence-electron chi connectivity index (χ2n) is 8.61. The van der Waals surface area contributed by atoms with E-state index in [9.17, 15) is 9.59 Å². The monoisotopic (exact) mass is 444 g/mol. The van der Waals surface area contributed by atoms with Crippen LogP contribution >= 0.6 is 0 Å². The van der Waals surface area contributed by atoms with E-state index in [1.54, 1.807) is 12.1 Å². The Balaban J connectivity index is 1.34. The van der Waals surface area contributed by atoms with Gasteiger partial charge in [0.2, 0.25) is 6.79 Å². The zero-order chi connectivity index (χ0) is 23.0. The predicted molar refractivity (Wildman–Crippen MR) is 122 cm³/mol. The van der Waals surface area contributed by atoms with Crippen molar-refractivity contribution in [1.82, 2.24) is 0 Å². The van der Waals surface area contributed by atoms with Gasteiger partial charge in [0.25, 0.3) is 0 Å². The summed E-state index contributed by atoms with van der Waals surface area (Å²) < 4.78 is 16.1. The Bertz CT molecular complexity index is 1220. The van der Waals surface area contributed by atoms with Crippen molar-refractivity contribution in [3.8, 4) is 28.4 Å². The number of carboxylic acids is 1. The number of benzene rings is 3. The topological polar surface area (TPSA) is 82.1 Å². The van der Waals surface area contributed by atoms with Gasteiger partial charge in [-0.2, -0.15) is 0 Å². The zero-order valence-electron chi connectivity index (χ0n) is 18.3. The highest BCUT2D eigenvalue weighted by Crippen LogP contribution is 2.51. The Hall–Kier alpha value is -3.80. The molecule has 0 aromatic heterocycles. The summed E-state index contributed by atoms with van der Waals surface area (Å²) in [5.74, 6) is 1.14. The smallest absolute Gasteiger partial charge is 0.341 e. The number of ketones is 1. The van der Waals surface area contributed by atoms with E-state index >= 15 is 0 Å². The standard InChI is InChI=1S/C27H24O6/c1-17-2-3-18(12-22(17)19-4-7-21(8-5-19)31-15-26(29)30)13-25(28)27(10-11-27)20-6-9-23-24(14-20)33-16-32-23/h2-9,12,14H,10-11,13,15-16H2,1H3,(H,29,30). The summed E-state index contributed by atoms with van der Waals surface area (Å²) in [5, 5.41) is 8.76. The van der Waals surface area contributed by atoms with E-state index in [-0.39, 0.29) is 19.2 Å². The van der Waals surface area contributed by atoms with Crippen LogP contribution in [-0.4, -0.2) is 30.3 Å². The molecule has 3 aromatic rings. The molecule has 0 bridgehead atoms. The van der Waals surface area contributed by atoms with E-state index in [1.165, 1.54) is 0 Å². The summed E-state index contributed by atoms with van der Waals surface area (Å²) in [4.78, 5) is 24.0. The van der Waals surface area contributed by atoms with Crippen LogP contribution in [0.3, 0.4) is 0 Å². The first-order valence-electron chi connectivity index (χ1n) is 10.9. The van der Waals surface area contributed by atoms with Crippen LogP contribution in [0, 0.1) is 6.92 Å². The molecule has 1 fully saturated rings. The normalized spacial score (nSPS) is 15.2. The average molecular weight is 444 g/mol. The van der Waals surface area contributed by atoms with Crippen LogP contribution in [0.1, 0.15) is 29.5 Å². The van der Waals surface area contributed by atoms with Gasteiger partial charge in [-0.15, -0.1) is 0 Å². The summed E-state index contributed by atoms with van der Waals surface area (Å²) in [6, 6.07) is 19.2. The summed E-state index contributed by atoms with van der Waals surface area (Å²) in [6.07, 6.45) is 2.06. The molecule has 0 saturated heterocycles. The second kappa shape index (κ2) is 8.28. The number of aryl methyl sites for hydroxylation is 1. The Labute approximate surface area is 191 Å². The van der Waals surface area contributed by atoms with Crippen LogP contribution in [-0.2, 0) is 21.4 Å². The third-order valence-electron chi connectivity index (χ3n) is 6.40. The number of carboxylic acid groups (broad SMARTS) is 1. The molecular formula is C27H24O6. The van der Waals surface area contributed by atoms with E-state index in [0.29, 0.717) is 17.9 Å². The third-order valence-corrected chi connectivity index (χ3v) is 6.40. The fraction of sp³-hybridized carbons (Fsp3) is 0.259. The van der Waals surface area contributed by atoms with E-state index < -0.39 is 11.4 Å². The van der Waals surface area contributed by atoms with Crippen molar-refractivity contribution in [2.24, 2.45) is 0 Å². The number of carbonyl (C=O) groups is 2. The summed E-state index contributed by atoms with van der Waals surface area (Å²) >= 11 is 0. The van der Waals surface area contributed by atoms with Crippen LogP contribution in [0.15, 0.2) is 60.7 Å². The van der Waals surface area contributed by atoms with Crippen molar-refractivity contribution in [3.05, 3.63) is 77.4 Å². The molecule has 0 amide bonds. The molecule has 6 heteroatoms. The molecule has 1 aliphatic carbocycles. The molecule has 6 nitrogen and oxygen atoms in total. The van der Waals surface area contributed by atoms with Crippen LogP contribution in [0.25, 0.3) is 11.1 Å². The predicted octanol–water partition coefficient (Wildman–Crippen LogP) is 4.70. The molecule has 1 aliphatic heterocycles. The van der Waals surface area contributed by atoms with Gasteiger partial charge < -0.3 is 19.3 Å². The first-order chi connectivity index (χ1) is 15.9. The maximum Gasteiger partial charge on any atom is 0.341 e. The molecule has 0 atom stereocenters. The Morgan fingerprint density at radius 3 is 2.45 bits per heavy atom. The van der Waals surface area contributed by atoms with E-state index in [4.69, 9.17) is 19.3 Å². The molecule has 1 heterocycles. The number of aliphatic carboxylic acids is 1. The van der Waals surface area contributed by atoms with E-state index in [2.05, 4.69) is 6.07 Å². The molecule has 33 heavy (non-hydrogen) atoms. The van der Waals surface area contributed by atoms with Gasteiger partial charge in [-0.25, -0.2) is 4.79 Å². The minimum Gasteiger partial charge on any atom is -0.482 e. The Kier molecular flexibility index (Phi) is 5.29. The largest absolute Gasteiger partial charge is 0.482 e. The highest BCUT2D eigenvalue weighted by molar-refractivity contribution is 5.95. The average Bonchev–Trinajstić information content (AvgIpc) is 3.50. The zero-order valence-corrected chi connectivity index (χ0v) is 18.3. The maximum absolute atomic E-state index is 13.4. The number of Topliss-reactive ketones (excluding diaryl/α,β-unsaturated/α-hetero) is 1. The van der Waals surface area contributed by atoms with Crippen LogP contribution < -0.4 is 14.2 Å². The van der Waals surface area contributed by atoms with Gasteiger partial charge in [0, 0.05) is 6.42 Å². The number of hydrogen-bond acceptors (Lipinski definition) is 5. The molecule has 0 radical (unpaired) electrons. The lowest BCUT2D eigenvalue weighted by Crippen LogP contribution is -2.22. The van der Waals surface area contributed by atoms with Crippen molar-refractivity contribution in [1.29, 1.82) is 0 Å². The van der Waals surface area contributed by atoms with Crippen molar-refractivity contribution in [2.75, 3.05) is 13.4 Å². The maximum atomic E-state index is 13.4. The van der Waals surface area contributed by atoms with Crippen LogP contribution in [0.5, 0.6) is 17.2 Å². The van der Waals surface area contributed by atoms with Crippen LogP contribution in [0.2, 0.25) is 0 Å². The first-order valence-corrected chi connectivity index (χ1v) is 10.9. The Morgan fingerprint density at radius 2 is 1.73 bits per heavy atom. The molecule has 0 unspecified atom stereocenters. The molecule has 5 rings (SSSR count). The van der Waals surface area contributed by atoms with Gasteiger partial charge in [-0.3, -0.25) is 4.79 Å². The molecule has 168 valence electrons. The third kappa shape index (κ3) is 4.16. The minimum absolute atomic E-state index is 0.216. The first kappa shape index (κ1) is 21.1. The van der Waals surface area contributed by atoms with Gasteiger partial charge in [-0.05, 0) is 71.8 Å². The molecule has 1 saturated carbocycles. The van der Waals surface area contributed by atoms with Crippen LogP contribution in [0.4, 0.5) is 0 Å². The van der Waals surface area contributed by atoms with Gasteiger partial charge in [0.1, 0.15) is 11.5 Å². The number of carbonyl (C=O) groups excluding carboxylic acids is 1. The van der Waals surface area contributed by atoms with Crippen molar-refractivity contribution in [2.45, 2.75) is 31.6 Å². The van der Waals surface area contributed by atoms with Gasteiger partial charge in [0.15, 0.2) is 18.1 Å². The highest BCUT2D eigenvalue weighted by atomic mass is 16.7. The van der Waals surface area contributed by atoms with Crippen molar-refractivity contribution < 1.29 is 28.9 Å². The highest BCUT2D eigenvalue weighted by Gasteiger charge is 2.50. The molecule has 1 N–H and O–H groups in total. The van der Waals surface area contributed by atoms with E-state index in [1.807, 2.05) is 49.4 Å². The summed E-state index contributed by atoms with van der Waals surface area (Å²) in [6.45, 7) is 1.88. The molecule has 2 aliphatic rings. The van der Waals surface area contributed by atoms with Gasteiger partial charge >= 0.3 is 5.97 Å². The van der Waals surface area contributed by atoms with Gasteiger partial charge in [-0.1, -0.05) is 36.4 Å². The fourth-order valence-corrected chi connectivity index (χ4v) is 4.37. The number of hydrogen-bond donors (Lipinski definition) is 1.